The van der Waals surface area contributed by atoms with Crippen molar-refractivity contribution in [2.75, 3.05) is 31.1 Å². The summed E-state index contributed by atoms with van der Waals surface area (Å²) in [4.78, 5) is 18.0. The van der Waals surface area contributed by atoms with E-state index < -0.39 is 0 Å². The van der Waals surface area contributed by atoms with E-state index in [1.165, 1.54) is 10.6 Å². The van der Waals surface area contributed by atoms with Gasteiger partial charge in [0.2, 0.25) is 5.91 Å². The molecule has 1 aromatic rings. The number of anilines is 1. The third kappa shape index (κ3) is 2.80. The predicted octanol–water partition coefficient (Wildman–Crippen LogP) is 3.00. The topological polar surface area (TPSA) is 23.6 Å². The van der Waals surface area contributed by atoms with Gasteiger partial charge >= 0.3 is 0 Å². The fourth-order valence-corrected chi connectivity index (χ4v) is 4.23. The number of nitrogens with zero attached hydrogens (tertiary/aromatic N) is 2. The summed E-state index contributed by atoms with van der Waals surface area (Å²) in [7, 11) is 0. The molecule has 0 spiro atoms. The minimum Gasteiger partial charge on any atom is -0.360 e. The van der Waals surface area contributed by atoms with Crippen molar-refractivity contribution < 1.29 is 4.79 Å². The molecule has 0 aliphatic carbocycles. The molecule has 3 rings (SSSR count). The molecule has 0 radical (unpaired) electrons. The fraction of sp³-hybridized carbons (Fsp3) is 0.562. The van der Waals surface area contributed by atoms with Gasteiger partial charge in [0.05, 0.1) is 12.2 Å². The Labute approximate surface area is 125 Å². The normalized spacial score (nSPS) is 21.9. The fourth-order valence-electron chi connectivity index (χ4n) is 2.97. The van der Waals surface area contributed by atoms with Crippen molar-refractivity contribution in [1.82, 2.24) is 4.90 Å². The maximum Gasteiger partial charge on any atom is 0.242 e. The third-order valence-electron chi connectivity index (χ3n) is 4.16. The average molecular weight is 290 g/mol. The van der Waals surface area contributed by atoms with Gasteiger partial charge < -0.3 is 9.80 Å². The van der Waals surface area contributed by atoms with Gasteiger partial charge in [-0.25, -0.2) is 0 Å². The first-order valence-corrected chi connectivity index (χ1v) is 8.44. The van der Waals surface area contributed by atoms with Crippen LogP contribution in [0.1, 0.15) is 26.2 Å². The molecular formula is C16H22N2OS. The quantitative estimate of drug-likeness (QED) is 0.855. The summed E-state index contributed by atoms with van der Waals surface area (Å²) >= 11 is 1.95. The molecule has 0 saturated carbocycles. The van der Waals surface area contributed by atoms with E-state index in [1.54, 1.807) is 0 Å². The number of thioether (sulfide) groups is 1. The predicted molar refractivity (Wildman–Crippen MR) is 84.4 cm³/mol. The molecule has 1 fully saturated rings. The van der Waals surface area contributed by atoms with Crippen molar-refractivity contribution in [1.29, 1.82) is 0 Å². The Kier molecular flexibility index (Phi) is 4.20. The Morgan fingerprint density at radius 1 is 1.30 bits per heavy atom. The summed E-state index contributed by atoms with van der Waals surface area (Å²) in [5.41, 5.74) is 1.23. The highest BCUT2D eigenvalue weighted by atomic mass is 32.2. The van der Waals surface area contributed by atoms with Crippen LogP contribution in [0.4, 0.5) is 5.69 Å². The minimum atomic E-state index is 0.291. The molecule has 1 atom stereocenters. The summed E-state index contributed by atoms with van der Waals surface area (Å²) in [6, 6.07) is 8.48. The first-order valence-electron chi connectivity index (χ1n) is 7.56. The van der Waals surface area contributed by atoms with E-state index in [0.29, 0.717) is 17.7 Å². The third-order valence-corrected chi connectivity index (χ3v) is 5.58. The van der Waals surface area contributed by atoms with E-state index in [0.717, 1.165) is 38.9 Å². The maximum atomic E-state index is 12.4. The van der Waals surface area contributed by atoms with Crippen LogP contribution >= 0.6 is 11.8 Å². The second-order valence-corrected chi connectivity index (χ2v) is 6.93. The van der Waals surface area contributed by atoms with Crippen LogP contribution in [0.25, 0.3) is 0 Å². The number of amides is 1. The molecule has 1 aromatic carbocycles. The van der Waals surface area contributed by atoms with Crippen molar-refractivity contribution in [3.05, 3.63) is 24.3 Å². The number of likely N-dealkylation sites (tertiary alicyclic amines) is 1. The highest BCUT2D eigenvalue weighted by molar-refractivity contribution is 8.00. The Bertz CT molecular complexity index is 485. The van der Waals surface area contributed by atoms with Gasteiger partial charge in [-0.05, 0) is 31.4 Å². The van der Waals surface area contributed by atoms with Gasteiger partial charge in [-0.2, -0.15) is 0 Å². The number of para-hydroxylation sites is 1. The second-order valence-electron chi connectivity index (χ2n) is 5.58. The van der Waals surface area contributed by atoms with Gasteiger partial charge in [0.1, 0.15) is 0 Å². The zero-order chi connectivity index (χ0) is 13.9. The summed E-state index contributed by atoms with van der Waals surface area (Å²) in [5, 5.41) is 0.594. The summed E-state index contributed by atoms with van der Waals surface area (Å²) in [6.45, 7) is 5.64. The lowest BCUT2D eigenvalue weighted by molar-refractivity contribution is -0.128. The van der Waals surface area contributed by atoms with Crippen LogP contribution in [0, 0.1) is 0 Å². The van der Waals surface area contributed by atoms with Crippen LogP contribution in [0.2, 0.25) is 0 Å². The number of hydrogen-bond acceptors (Lipinski definition) is 3. The van der Waals surface area contributed by atoms with E-state index in [4.69, 9.17) is 0 Å². The van der Waals surface area contributed by atoms with E-state index >= 15 is 0 Å². The van der Waals surface area contributed by atoms with Crippen LogP contribution in [0.15, 0.2) is 29.2 Å². The molecule has 1 unspecified atom stereocenters. The molecule has 2 heterocycles. The molecule has 20 heavy (non-hydrogen) atoms. The highest BCUT2D eigenvalue weighted by Crippen LogP contribution is 2.39. The number of rotatable bonds is 3. The average Bonchev–Trinajstić information content (AvgIpc) is 3.01. The van der Waals surface area contributed by atoms with E-state index in [1.807, 2.05) is 16.7 Å². The first-order chi connectivity index (χ1) is 9.78. The van der Waals surface area contributed by atoms with Crippen molar-refractivity contribution in [2.45, 2.75) is 36.3 Å². The number of carbonyl (C=O) groups excluding carboxylic acids is 1. The van der Waals surface area contributed by atoms with E-state index in [9.17, 15) is 4.79 Å². The van der Waals surface area contributed by atoms with Crippen LogP contribution in [0.5, 0.6) is 0 Å². The van der Waals surface area contributed by atoms with E-state index in [2.05, 4.69) is 36.1 Å². The van der Waals surface area contributed by atoms with Crippen LogP contribution < -0.4 is 4.90 Å². The lowest BCUT2D eigenvalue weighted by Gasteiger charge is -2.35. The molecule has 108 valence electrons. The molecule has 2 aliphatic heterocycles. The highest BCUT2D eigenvalue weighted by Gasteiger charge is 2.27. The molecule has 1 amide bonds. The summed E-state index contributed by atoms with van der Waals surface area (Å²) in [6.07, 6.45) is 3.47. The lowest BCUT2D eigenvalue weighted by atomic mass is 10.2. The standard InChI is InChI=1S/C16H22N2OS/c1-2-13-11-18(12-16(19)17-9-5-6-10-17)14-7-3-4-8-15(14)20-13/h3-4,7-8,13H,2,5-6,9-12H2,1H3. The van der Waals surface area contributed by atoms with Gasteiger partial charge in [-0.1, -0.05) is 19.1 Å². The minimum absolute atomic E-state index is 0.291. The Morgan fingerprint density at radius 2 is 2.05 bits per heavy atom. The summed E-state index contributed by atoms with van der Waals surface area (Å²) in [5.74, 6) is 0.291. The SMILES string of the molecule is CCC1CN(CC(=O)N2CCCC2)c2ccccc2S1. The molecule has 0 N–H and O–H groups in total. The van der Waals surface area contributed by atoms with Crippen LogP contribution in [-0.4, -0.2) is 42.2 Å². The largest absolute Gasteiger partial charge is 0.360 e. The number of benzene rings is 1. The van der Waals surface area contributed by atoms with Crippen LogP contribution in [0.3, 0.4) is 0 Å². The van der Waals surface area contributed by atoms with Crippen molar-refractivity contribution >= 4 is 23.4 Å². The zero-order valence-corrected chi connectivity index (χ0v) is 12.9. The Hall–Kier alpha value is -1.16. The molecular weight excluding hydrogens is 268 g/mol. The summed E-state index contributed by atoms with van der Waals surface area (Å²) < 4.78 is 0. The molecule has 2 aliphatic rings. The van der Waals surface area contributed by atoms with Gasteiger partial charge in [0, 0.05) is 29.8 Å². The molecule has 0 bridgehead atoms. The second kappa shape index (κ2) is 6.08. The van der Waals surface area contributed by atoms with Gasteiger partial charge in [-0.15, -0.1) is 11.8 Å². The molecule has 0 aromatic heterocycles. The van der Waals surface area contributed by atoms with Gasteiger partial charge in [-0.3, -0.25) is 4.79 Å². The monoisotopic (exact) mass is 290 g/mol. The number of fused-ring (bicyclic) bond motifs is 1. The van der Waals surface area contributed by atoms with Crippen molar-refractivity contribution in [3.63, 3.8) is 0 Å². The Morgan fingerprint density at radius 3 is 2.80 bits per heavy atom. The van der Waals surface area contributed by atoms with Gasteiger partial charge in [0.25, 0.3) is 0 Å². The van der Waals surface area contributed by atoms with Crippen molar-refractivity contribution in [3.8, 4) is 0 Å². The Balaban J connectivity index is 1.76. The number of carbonyl (C=O) groups is 1. The van der Waals surface area contributed by atoms with Crippen LogP contribution in [-0.2, 0) is 4.79 Å². The molecule has 3 nitrogen and oxygen atoms in total. The molecule has 4 heteroatoms. The lowest BCUT2D eigenvalue weighted by Crippen LogP contribution is -2.43. The molecule has 1 saturated heterocycles. The van der Waals surface area contributed by atoms with Gasteiger partial charge in [0.15, 0.2) is 0 Å². The zero-order valence-electron chi connectivity index (χ0n) is 12.0. The maximum absolute atomic E-state index is 12.4. The van der Waals surface area contributed by atoms with E-state index in [-0.39, 0.29) is 0 Å². The number of hydrogen-bond donors (Lipinski definition) is 0. The van der Waals surface area contributed by atoms with Crippen molar-refractivity contribution in [2.24, 2.45) is 0 Å². The first kappa shape index (κ1) is 13.8. The smallest absolute Gasteiger partial charge is 0.242 e.